The van der Waals surface area contributed by atoms with Crippen molar-refractivity contribution in [3.05, 3.63) is 12.2 Å². The molecule has 0 bridgehead atoms. The van der Waals surface area contributed by atoms with E-state index in [9.17, 15) is 13.2 Å². The van der Waals surface area contributed by atoms with Crippen LogP contribution in [0.1, 0.15) is 20.3 Å². The van der Waals surface area contributed by atoms with E-state index < -0.39 is 21.5 Å². The van der Waals surface area contributed by atoms with Crippen LogP contribution >= 0.6 is 0 Å². The number of hydrogen-bond donors (Lipinski definition) is 4. The van der Waals surface area contributed by atoms with Gasteiger partial charge >= 0.3 is 5.97 Å². The zero-order valence-corrected chi connectivity index (χ0v) is 13.3. The van der Waals surface area contributed by atoms with Crippen molar-refractivity contribution >= 4 is 16.1 Å². The average molecular weight is 345 g/mol. The molecule has 1 atom stereocenters. The largest absolute Gasteiger partial charge is 0.478 e. The number of hydroxylamine groups is 2. The van der Waals surface area contributed by atoms with Gasteiger partial charge in [-0.3, -0.25) is 14.2 Å². The Morgan fingerprint density at radius 3 is 1.77 bits per heavy atom. The highest BCUT2D eigenvalue weighted by atomic mass is 32.2. The van der Waals surface area contributed by atoms with Crippen molar-refractivity contribution in [2.45, 2.75) is 25.6 Å². The predicted octanol–water partition coefficient (Wildman–Crippen LogP) is -0.593. The molecule has 0 fully saturated rings. The van der Waals surface area contributed by atoms with Crippen molar-refractivity contribution in [2.24, 2.45) is 0 Å². The predicted molar refractivity (Wildman–Crippen MR) is 76.0 cm³/mol. The molecule has 0 saturated heterocycles. The van der Waals surface area contributed by atoms with E-state index in [0.29, 0.717) is 5.23 Å². The highest BCUT2D eigenvalue weighted by molar-refractivity contribution is 7.86. The molecule has 0 radical (unpaired) electrons. The van der Waals surface area contributed by atoms with Crippen molar-refractivity contribution in [2.75, 3.05) is 26.4 Å². The third-order valence-corrected chi connectivity index (χ3v) is 3.11. The molecule has 0 aromatic carbocycles. The van der Waals surface area contributed by atoms with E-state index in [-0.39, 0.29) is 38.4 Å². The Morgan fingerprint density at radius 2 is 1.59 bits per heavy atom. The van der Waals surface area contributed by atoms with Crippen molar-refractivity contribution in [3.8, 4) is 0 Å². The van der Waals surface area contributed by atoms with Crippen LogP contribution in [0.15, 0.2) is 12.2 Å². The molecule has 0 saturated carbocycles. The minimum atomic E-state index is -4.36. The number of carboxylic acid groups (broad SMARTS) is 1. The molecule has 10 nitrogen and oxygen atoms in total. The summed E-state index contributed by atoms with van der Waals surface area (Å²) >= 11 is 0. The van der Waals surface area contributed by atoms with Crippen LogP contribution in [0.3, 0.4) is 0 Å². The maximum atomic E-state index is 11.0. The van der Waals surface area contributed by atoms with Crippen molar-refractivity contribution in [1.29, 1.82) is 0 Å². The number of aliphatic carboxylic acids is 1. The van der Waals surface area contributed by atoms with Crippen molar-refractivity contribution in [3.63, 3.8) is 0 Å². The SMILES string of the molecule is C=C(C)C(=O)O.CCC(N(OCCO)OCCO)S(=O)(=O)O. The summed E-state index contributed by atoms with van der Waals surface area (Å²) in [7, 11) is -4.36. The Labute approximate surface area is 129 Å². The normalized spacial score (nSPS) is 12.5. The van der Waals surface area contributed by atoms with Crippen LogP contribution in [-0.4, -0.2) is 71.3 Å². The molecule has 0 aliphatic heterocycles. The Kier molecular flexibility index (Phi) is 13.1. The summed E-state index contributed by atoms with van der Waals surface area (Å²) in [5.74, 6) is -0.935. The van der Waals surface area contributed by atoms with Gasteiger partial charge in [-0.2, -0.15) is 8.42 Å². The van der Waals surface area contributed by atoms with E-state index in [1.807, 2.05) is 0 Å². The lowest BCUT2D eigenvalue weighted by Crippen LogP contribution is -2.41. The maximum absolute atomic E-state index is 11.0. The van der Waals surface area contributed by atoms with Crippen LogP contribution in [0, 0.1) is 0 Å². The van der Waals surface area contributed by atoms with E-state index in [0.717, 1.165) is 0 Å². The lowest BCUT2D eigenvalue weighted by Gasteiger charge is -2.25. The monoisotopic (exact) mass is 345 g/mol. The van der Waals surface area contributed by atoms with Crippen LogP contribution in [0.5, 0.6) is 0 Å². The Morgan fingerprint density at radius 1 is 1.23 bits per heavy atom. The molecule has 0 aromatic rings. The Hall–Kier alpha value is -1.08. The molecule has 0 heterocycles. The first kappa shape index (κ1) is 23.2. The first-order chi connectivity index (χ1) is 10.1. The molecule has 1 unspecified atom stereocenters. The number of carbonyl (C=O) groups is 1. The zero-order chi connectivity index (χ0) is 17.8. The molecular weight excluding hydrogens is 322 g/mol. The first-order valence-electron chi connectivity index (χ1n) is 6.23. The molecule has 0 spiro atoms. The summed E-state index contributed by atoms with van der Waals surface area (Å²) in [6, 6.07) is 0. The molecule has 0 aliphatic rings. The van der Waals surface area contributed by atoms with Gasteiger partial charge in [0.15, 0.2) is 5.37 Å². The summed E-state index contributed by atoms with van der Waals surface area (Å²) in [4.78, 5) is 19.2. The van der Waals surface area contributed by atoms with E-state index in [4.69, 9.17) is 29.5 Å². The summed E-state index contributed by atoms with van der Waals surface area (Å²) in [6.07, 6.45) is 0.0235. The third-order valence-electron chi connectivity index (χ3n) is 1.91. The summed E-state index contributed by atoms with van der Waals surface area (Å²) in [5.41, 5.74) is 0.176. The van der Waals surface area contributed by atoms with Crippen LogP contribution in [0.2, 0.25) is 0 Å². The smallest absolute Gasteiger partial charge is 0.330 e. The van der Waals surface area contributed by atoms with Gasteiger partial charge in [-0.25, -0.2) is 4.79 Å². The van der Waals surface area contributed by atoms with Crippen molar-refractivity contribution < 1.29 is 42.8 Å². The molecule has 0 amide bonds. The molecule has 0 aliphatic carbocycles. The summed E-state index contributed by atoms with van der Waals surface area (Å²) in [5, 5.41) is 24.1. The van der Waals surface area contributed by atoms with Crippen LogP contribution in [0.4, 0.5) is 0 Å². The van der Waals surface area contributed by atoms with E-state index >= 15 is 0 Å². The Bertz CT molecular complexity index is 403. The number of nitrogens with zero attached hydrogens (tertiary/aromatic N) is 1. The van der Waals surface area contributed by atoms with E-state index in [1.54, 1.807) is 0 Å². The molecule has 22 heavy (non-hydrogen) atoms. The number of rotatable bonds is 10. The van der Waals surface area contributed by atoms with Gasteiger partial charge in [-0.05, 0) is 18.6 Å². The molecule has 11 heteroatoms. The fraction of sp³-hybridized carbons (Fsp3) is 0.727. The quantitative estimate of drug-likeness (QED) is 0.229. The first-order valence-corrected chi connectivity index (χ1v) is 7.73. The number of hydrogen-bond acceptors (Lipinski definition) is 8. The standard InChI is InChI=1S/C7H17NO7S.C4H6O2/c1-2-7(16(11,12)13)8(14-5-3-9)15-6-4-10;1-3(2)4(5)6/h7,9-10H,2-6H2,1H3,(H,11,12,13);1H2,2H3,(H,5,6). The zero-order valence-electron chi connectivity index (χ0n) is 12.5. The topological polar surface area (TPSA) is 154 Å². The van der Waals surface area contributed by atoms with E-state index in [1.165, 1.54) is 13.8 Å². The van der Waals surface area contributed by atoms with Gasteiger partial charge in [0, 0.05) is 5.57 Å². The van der Waals surface area contributed by atoms with Crippen LogP contribution in [0.25, 0.3) is 0 Å². The van der Waals surface area contributed by atoms with E-state index in [2.05, 4.69) is 6.58 Å². The second-order valence-electron chi connectivity index (χ2n) is 3.86. The molecule has 0 aromatic heterocycles. The van der Waals surface area contributed by atoms with Gasteiger partial charge in [0.05, 0.1) is 26.4 Å². The van der Waals surface area contributed by atoms with Gasteiger partial charge in [-0.15, -0.1) is 0 Å². The van der Waals surface area contributed by atoms with Gasteiger partial charge in [0.25, 0.3) is 10.1 Å². The fourth-order valence-corrected chi connectivity index (χ4v) is 1.69. The van der Waals surface area contributed by atoms with Gasteiger partial charge in [0.2, 0.25) is 0 Å². The molecule has 132 valence electrons. The van der Waals surface area contributed by atoms with Gasteiger partial charge in [0.1, 0.15) is 0 Å². The number of aliphatic hydroxyl groups is 2. The lowest BCUT2D eigenvalue weighted by atomic mass is 10.4. The minimum Gasteiger partial charge on any atom is -0.478 e. The average Bonchev–Trinajstić information content (AvgIpc) is 2.41. The van der Waals surface area contributed by atoms with Crippen molar-refractivity contribution in [1.82, 2.24) is 5.23 Å². The second-order valence-corrected chi connectivity index (χ2v) is 5.44. The molecule has 0 rings (SSSR count). The number of carboxylic acids is 1. The highest BCUT2D eigenvalue weighted by Crippen LogP contribution is 2.11. The minimum absolute atomic E-state index is 0.0235. The summed E-state index contributed by atoms with van der Waals surface area (Å²) in [6.45, 7) is 5.08. The Balaban J connectivity index is 0. The van der Waals surface area contributed by atoms with Crippen LogP contribution in [-0.2, 0) is 24.6 Å². The third kappa shape index (κ3) is 11.6. The highest BCUT2D eigenvalue weighted by Gasteiger charge is 2.30. The fourth-order valence-electron chi connectivity index (χ4n) is 0.934. The molecular formula is C11H23NO9S. The summed E-state index contributed by atoms with van der Waals surface area (Å²) < 4.78 is 30.8. The maximum Gasteiger partial charge on any atom is 0.330 e. The number of aliphatic hydroxyl groups excluding tert-OH is 2. The van der Waals surface area contributed by atoms with Gasteiger partial charge < -0.3 is 15.3 Å². The molecule has 4 N–H and O–H groups in total. The van der Waals surface area contributed by atoms with Crippen LogP contribution < -0.4 is 0 Å². The lowest BCUT2D eigenvalue weighted by molar-refractivity contribution is -0.379. The van der Waals surface area contributed by atoms with Gasteiger partial charge in [-0.1, -0.05) is 13.5 Å². The second kappa shape index (κ2) is 12.5.